The third kappa shape index (κ3) is 6.16. The molecule has 1 heterocycles. The van der Waals surface area contributed by atoms with Gasteiger partial charge < -0.3 is 9.47 Å². The lowest BCUT2D eigenvalue weighted by Crippen LogP contribution is -2.34. The summed E-state index contributed by atoms with van der Waals surface area (Å²) in [6.45, 7) is 2.32. The van der Waals surface area contributed by atoms with Gasteiger partial charge in [0.2, 0.25) is 15.9 Å². The van der Waals surface area contributed by atoms with E-state index in [0.29, 0.717) is 18.5 Å². The smallest absolute Gasteiger partial charge is 0.241 e. The van der Waals surface area contributed by atoms with Crippen molar-refractivity contribution in [1.82, 2.24) is 14.3 Å². The zero-order chi connectivity index (χ0) is 28.3. The van der Waals surface area contributed by atoms with Crippen molar-refractivity contribution in [1.29, 1.82) is 0 Å². The molecule has 1 aromatic heterocycles. The van der Waals surface area contributed by atoms with Gasteiger partial charge in [-0.05, 0) is 72.2 Å². The van der Waals surface area contributed by atoms with Crippen LogP contribution in [-0.2, 0) is 34.8 Å². The molecule has 0 radical (unpaired) electrons. The third-order valence-electron chi connectivity index (χ3n) is 7.53. The molecule has 0 unspecified atom stereocenters. The first-order valence-electron chi connectivity index (χ1n) is 13.4. The highest BCUT2D eigenvalue weighted by atomic mass is 32.2. The van der Waals surface area contributed by atoms with E-state index in [0.717, 1.165) is 41.4 Å². The number of rotatable bonds is 9. The molecule has 9 heteroatoms. The molecule has 1 amide bonds. The molecule has 7 nitrogen and oxygen atoms in total. The number of amides is 1. The van der Waals surface area contributed by atoms with Gasteiger partial charge in [-0.3, -0.25) is 4.79 Å². The second-order valence-electron chi connectivity index (χ2n) is 10.4. The minimum absolute atomic E-state index is 0.0148. The van der Waals surface area contributed by atoms with Gasteiger partial charge in [0.1, 0.15) is 11.6 Å². The van der Waals surface area contributed by atoms with Crippen LogP contribution in [0.1, 0.15) is 60.7 Å². The zero-order valence-corrected chi connectivity index (χ0v) is 23.4. The SMILES string of the molecule is C[C@H](CC(=O)N(Cc1nccn1C)c1ccc2c(c1)[C@@H](NS(=O)(=O)c1cccc(F)c1)CCC2)c1ccccc1. The quantitative estimate of drug-likeness (QED) is 0.287. The summed E-state index contributed by atoms with van der Waals surface area (Å²) >= 11 is 0. The van der Waals surface area contributed by atoms with Crippen molar-refractivity contribution in [2.24, 2.45) is 7.05 Å². The van der Waals surface area contributed by atoms with E-state index in [1.165, 1.54) is 18.2 Å². The van der Waals surface area contributed by atoms with Crippen molar-refractivity contribution in [3.8, 4) is 0 Å². The van der Waals surface area contributed by atoms with Gasteiger partial charge in [-0.15, -0.1) is 0 Å². The van der Waals surface area contributed by atoms with Gasteiger partial charge >= 0.3 is 0 Å². The lowest BCUT2D eigenvalue weighted by atomic mass is 9.87. The third-order valence-corrected chi connectivity index (χ3v) is 9.00. The summed E-state index contributed by atoms with van der Waals surface area (Å²) in [6, 6.07) is 20.3. The van der Waals surface area contributed by atoms with Crippen LogP contribution < -0.4 is 9.62 Å². The Morgan fingerprint density at radius 3 is 2.65 bits per heavy atom. The van der Waals surface area contributed by atoms with Crippen LogP contribution in [0.2, 0.25) is 0 Å². The van der Waals surface area contributed by atoms with Gasteiger partial charge in [-0.2, -0.15) is 0 Å². The number of imidazole rings is 1. The Labute approximate surface area is 234 Å². The predicted molar refractivity (Wildman–Crippen MR) is 153 cm³/mol. The number of carbonyl (C=O) groups excluding carboxylic acids is 1. The van der Waals surface area contributed by atoms with Gasteiger partial charge in [0.05, 0.1) is 11.4 Å². The van der Waals surface area contributed by atoms with Crippen LogP contribution in [0, 0.1) is 5.82 Å². The van der Waals surface area contributed by atoms with E-state index in [4.69, 9.17) is 0 Å². The summed E-state index contributed by atoms with van der Waals surface area (Å²) in [6.07, 6.45) is 6.08. The van der Waals surface area contributed by atoms with Crippen molar-refractivity contribution in [3.63, 3.8) is 0 Å². The normalized spacial score (nSPS) is 15.8. The maximum Gasteiger partial charge on any atom is 0.241 e. The summed E-state index contributed by atoms with van der Waals surface area (Å²) in [4.78, 5) is 19.9. The van der Waals surface area contributed by atoms with Crippen LogP contribution in [0.3, 0.4) is 0 Å². The number of nitrogens with one attached hydrogen (secondary N) is 1. The molecule has 2 atom stereocenters. The molecule has 0 saturated heterocycles. The minimum Gasteiger partial charge on any atom is -0.337 e. The van der Waals surface area contributed by atoms with Crippen molar-refractivity contribution in [2.75, 3.05) is 4.90 Å². The molecular weight excluding hydrogens is 527 g/mol. The highest BCUT2D eigenvalue weighted by Crippen LogP contribution is 2.35. The second kappa shape index (κ2) is 11.7. The number of aromatic nitrogens is 2. The Morgan fingerprint density at radius 1 is 1.12 bits per heavy atom. The number of carbonyl (C=O) groups is 1. The molecule has 3 aromatic carbocycles. The van der Waals surface area contributed by atoms with Gasteiger partial charge in [0.15, 0.2) is 0 Å². The predicted octanol–water partition coefficient (Wildman–Crippen LogP) is 5.64. The molecule has 0 aliphatic heterocycles. The van der Waals surface area contributed by atoms with Gasteiger partial charge in [-0.25, -0.2) is 22.5 Å². The average Bonchev–Trinajstić information content (AvgIpc) is 3.36. The molecule has 0 saturated carbocycles. The number of anilines is 1. The Hall–Kier alpha value is -3.82. The fourth-order valence-corrected chi connectivity index (χ4v) is 6.53. The molecular formula is C31H33FN4O3S. The Balaban J connectivity index is 1.46. The lowest BCUT2D eigenvalue weighted by molar-refractivity contribution is -0.119. The fraction of sp³-hybridized carbons (Fsp3) is 0.290. The van der Waals surface area contributed by atoms with Crippen molar-refractivity contribution < 1.29 is 17.6 Å². The molecule has 0 bridgehead atoms. The number of aryl methyl sites for hydroxylation is 2. The van der Waals surface area contributed by atoms with E-state index >= 15 is 0 Å². The number of sulfonamides is 1. The molecule has 4 aromatic rings. The van der Waals surface area contributed by atoms with E-state index in [1.807, 2.05) is 73.3 Å². The van der Waals surface area contributed by atoms with Crippen LogP contribution >= 0.6 is 0 Å². The number of fused-ring (bicyclic) bond motifs is 1. The van der Waals surface area contributed by atoms with E-state index < -0.39 is 21.9 Å². The second-order valence-corrected chi connectivity index (χ2v) is 12.1. The highest BCUT2D eigenvalue weighted by molar-refractivity contribution is 7.89. The van der Waals surface area contributed by atoms with Crippen molar-refractivity contribution in [3.05, 3.63) is 114 Å². The molecule has 1 N–H and O–H groups in total. The highest BCUT2D eigenvalue weighted by Gasteiger charge is 2.28. The monoisotopic (exact) mass is 560 g/mol. The number of hydrogen-bond acceptors (Lipinski definition) is 4. The largest absolute Gasteiger partial charge is 0.337 e. The van der Waals surface area contributed by atoms with Crippen LogP contribution in [0.5, 0.6) is 0 Å². The fourth-order valence-electron chi connectivity index (χ4n) is 5.25. The van der Waals surface area contributed by atoms with Crippen molar-refractivity contribution >= 4 is 21.6 Å². The molecule has 5 rings (SSSR count). The molecule has 0 spiro atoms. The van der Waals surface area contributed by atoms with Crippen LogP contribution in [0.15, 0.2) is 90.1 Å². The van der Waals surface area contributed by atoms with E-state index in [9.17, 15) is 17.6 Å². The molecule has 1 aliphatic rings. The van der Waals surface area contributed by atoms with Crippen molar-refractivity contribution in [2.45, 2.75) is 56.0 Å². The first kappa shape index (κ1) is 27.7. The molecule has 40 heavy (non-hydrogen) atoms. The lowest BCUT2D eigenvalue weighted by Gasteiger charge is -2.30. The van der Waals surface area contributed by atoms with Gasteiger partial charge in [0.25, 0.3) is 0 Å². The molecule has 1 aliphatic carbocycles. The maximum absolute atomic E-state index is 13.8. The topological polar surface area (TPSA) is 84.3 Å². The van der Waals surface area contributed by atoms with Gasteiger partial charge in [0, 0.05) is 37.6 Å². The molecule has 0 fully saturated rings. The first-order valence-corrected chi connectivity index (χ1v) is 14.9. The summed E-state index contributed by atoms with van der Waals surface area (Å²) < 4.78 is 44.7. The standard InChI is InChI=1S/C31H33FN4O3S/c1-22(23-8-4-3-5-9-23)18-31(37)36(21-30-33-16-17-35(30)2)26-15-14-24-10-6-13-29(28(24)20-26)34-40(38,39)27-12-7-11-25(32)19-27/h3-5,7-9,11-12,14-17,19-20,22,29,34H,6,10,13,18,21H2,1-2H3/t22-,29+/m1/s1. The number of hydrogen-bond donors (Lipinski definition) is 1. The summed E-state index contributed by atoms with van der Waals surface area (Å²) in [5, 5.41) is 0. The number of benzene rings is 3. The molecule has 208 valence electrons. The van der Waals surface area contributed by atoms with Crippen LogP contribution in [0.4, 0.5) is 10.1 Å². The summed E-state index contributed by atoms with van der Waals surface area (Å²) in [7, 11) is -2.06. The average molecular weight is 561 g/mol. The Morgan fingerprint density at radius 2 is 1.93 bits per heavy atom. The van der Waals surface area contributed by atoms with E-state index in [1.54, 1.807) is 11.1 Å². The summed E-state index contributed by atoms with van der Waals surface area (Å²) in [5.41, 5.74) is 3.63. The Kier molecular flexibility index (Phi) is 8.14. The van der Waals surface area contributed by atoms with E-state index in [2.05, 4.69) is 9.71 Å². The van der Waals surface area contributed by atoms with Crippen LogP contribution in [0.25, 0.3) is 0 Å². The first-order chi connectivity index (χ1) is 19.2. The van der Waals surface area contributed by atoms with Gasteiger partial charge in [-0.1, -0.05) is 49.4 Å². The minimum atomic E-state index is -3.95. The number of nitrogens with zero attached hydrogens (tertiary/aromatic N) is 3. The van der Waals surface area contributed by atoms with Crippen LogP contribution in [-0.4, -0.2) is 23.9 Å². The van der Waals surface area contributed by atoms with E-state index in [-0.39, 0.29) is 23.3 Å². The zero-order valence-electron chi connectivity index (χ0n) is 22.6. The summed E-state index contributed by atoms with van der Waals surface area (Å²) in [5.74, 6) is 0.0946. The Bertz CT molecular complexity index is 1600. The number of halogens is 1. The maximum atomic E-state index is 13.8.